The quantitative estimate of drug-likeness (QED) is 0.708. The third-order valence-electron chi connectivity index (χ3n) is 5.05. The number of benzene rings is 1. The molecule has 1 aromatic rings. The van der Waals surface area contributed by atoms with E-state index in [1.807, 2.05) is 18.2 Å². The normalized spacial score (nSPS) is 25.3. The molecule has 1 aliphatic heterocycles. The fraction of sp³-hybridized carbons (Fsp3) is 0.400. The molecular formula is C20H23ClN2O5S. The Balaban J connectivity index is 1.92. The summed E-state index contributed by atoms with van der Waals surface area (Å²) in [5.74, 6) is -1.49. The van der Waals surface area contributed by atoms with E-state index in [9.17, 15) is 18.0 Å². The summed E-state index contributed by atoms with van der Waals surface area (Å²) in [7, 11) is -2.65. The number of halogens is 1. The van der Waals surface area contributed by atoms with Crippen LogP contribution in [0.2, 0.25) is 0 Å². The van der Waals surface area contributed by atoms with Crippen LogP contribution in [-0.2, 0) is 26.0 Å². The predicted octanol–water partition coefficient (Wildman–Crippen LogP) is 1.84. The fourth-order valence-electron chi connectivity index (χ4n) is 3.36. The van der Waals surface area contributed by atoms with Gasteiger partial charge in [0.1, 0.15) is 12.3 Å². The van der Waals surface area contributed by atoms with Gasteiger partial charge < -0.3 is 10.1 Å². The number of allylic oxidation sites excluding steroid dienone is 3. The summed E-state index contributed by atoms with van der Waals surface area (Å²) in [5.41, 5.74) is 0.761. The number of hydrogen-bond acceptors (Lipinski definition) is 5. The Labute approximate surface area is 175 Å². The molecule has 29 heavy (non-hydrogen) atoms. The van der Waals surface area contributed by atoms with Gasteiger partial charge in [-0.05, 0) is 30.0 Å². The van der Waals surface area contributed by atoms with Gasteiger partial charge in [-0.25, -0.2) is 12.7 Å². The Kier molecular flexibility index (Phi) is 6.33. The molecule has 0 bridgehead atoms. The van der Waals surface area contributed by atoms with Crippen molar-refractivity contribution in [3.8, 4) is 5.75 Å². The van der Waals surface area contributed by atoms with Crippen molar-refractivity contribution in [3.05, 3.63) is 53.0 Å². The second-order valence-electron chi connectivity index (χ2n) is 7.10. The number of nitrogens with zero attached hydrogens (tertiary/aromatic N) is 1. The lowest BCUT2D eigenvalue weighted by molar-refractivity contribution is -0.131. The first-order valence-corrected chi connectivity index (χ1v) is 11.1. The molecule has 3 unspecified atom stereocenters. The monoisotopic (exact) mass is 438 g/mol. The number of carbonyl (C=O) groups excluding carboxylic acids is 2. The number of methoxy groups -OCH3 is 1. The van der Waals surface area contributed by atoms with Gasteiger partial charge in [-0.3, -0.25) is 9.59 Å². The number of rotatable bonds is 5. The van der Waals surface area contributed by atoms with E-state index in [1.165, 1.54) is 19.3 Å². The number of amides is 2. The highest BCUT2D eigenvalue weighted by molar-refractivity contribution is 7.93. The molecule has 0 aromatic heterocycles. The second kappa shape index (κ2) is 8.59. The van der Waals surface area contributed by atoms with E-state index in [4.69, 9.17) is 16.3 Å². The average Bonchev–Trinajstić information content (AvgIpc) is 2.84. The number of ether oxygens (including phenoxy) is 1. The summed E-state index contributed by atoms with van der Waals surface area (Å²) >= 11 is 6.11. The van der Waals surface area contributed by atoms with E-state index in [1.54, 1.807) is 19.1 Å². The lowest BCUT2D eigenvalue weighted by atomic mass is 9.98. The zero-order valence-electron chi connectivity index (χ0n) is 16.2. The van der Waals surface area contributed by atoms with Crippen LogP contribution in [0.1, 0.15) is 12.5 Å². The summed E-state index contributed by atoms with van der Waals surface area (Å²) in [6.07, 6.45) is 4.72. The Morgan fingerprint density at radius 2 is 2.00 bits per heavy atom. The summed E-state index contributed by atoms with van der Waals surface area (Å²) < 4.78 is 32.3. The van der Waals surface area contributed by atoms with Crippen molar-refractivity contribution in [3.63, 3.8) is 0 Å². The van der Waals surface area contributed by atoms with Gasteiger partial charge in [0, 0.05) is 6.54 Å². The first-order chi connectivity index (χ1) is 13.7. The van der Waals surface area contributed by atoms with Crippen LogP contribution in [0.3, 0.4) is 0 Å². The van der Waals surface area contributed by atoms with Gasteiger partial charge in [0.15, 0.2) is 0 Å². The molecule has 156 valence electrons. The van der Waals surface area contributed by atoms with Crippen molar-refractivity contribution in [1.29, 1.82) is 0 Å². The van der Waals surface area contributed by atoms with Gasteiger partial charge >= 0.3 is 0 Å². The van der Waals surface area contributed by atoms with Gasteiger partial charge in [0.2, 0.25) is 11.8 Å². The van der Waals surface area contributed by atoms with Crippen molar-refractivity contribution in [1.82, 2.24) is 9.62 Å². The first-order valence-electron chi connectivity index (χ1n) is 9.23. The number of para-hydroxylation sites is 1. The lowest BCUT2D eigenvalue weighted by Gasteiger charge is -2.25. The van der Waals surface area contributed by atoms with E-state index in [0.29, 0.717) is 10.1 Å². The van der Waals surface area contributed by atoms with E-state index in [0.717, 1.165) is 5.56 Å². The van der Waals surface area contributed by atoms with Gasteiger partial charge in [0.25, 0.3) is 10.0 Å². The van der Waals surface area contributed by atoms with Crippen molar-refractivity contribution in [2.45, 2.75) is 18.7 Å². The molecule has 1 saturated heterocycles. The molecule has 2 aliphatic rings. The molecular weight excluding hydrogens is 416 g/mol. The molecule has 7 nitrogen and oxygen atoms in total. The second-order valence-corrected chi connectivity index (χ2v) is 9.46. The fourth-order valence-corrected chi connectivity index (χ4v) is 5.07. The number of sulfonamides is 1. The van der Waals surface area contributed by atoms with Crippen LogP contribution in [0.15, 0.2) is 47.4 Å². The van der Waals surface area contributed by atoms with Crippen LogP contribution in [-0.4, -0.2) is 50.1 Å². The molecule has 1 N–H and O–H groups in total. The minimum Gasteiger partial charge on any atom is -0.496 e. The molecule has 9 heteroatoms. The topological polar surface area (TPSA) is 92.8 Å². The summed E-state index contributed by atoms with van der Waals surface area (Å²) in [6.45, 7) is 1.29. The van der Waals surface area contributed by atoms with Crippen molar-refractivity contribution >= 4 is 33.4 Å². The third kappa shape index (κ3) is 4.48. The highest BCUT2D eigenvalue weighted by atomic mass is 35.5. The summed E-state index contributed by atoms with van der Waals surface area (Å²) in [4.78, 5) is 25.3. The number of alkyl halides is 1. The molecule has 0 saturated carbocycles. The SMILES string of the molecule is COc1ccccc1CC1CNC(=O)CN(S(=O)(=O)C2=CC(C)C(Cl)C=C2)C1=O. The van der Waals surface area contributed by atoms with Crippen LogP contribution in [0.5, 0.6) is 5.75 Å². The number of hydrogen-bond donors (Lipinski definition) is 1. The lowest BCUT2D eigenvalue weighted by Crippen LogP contribution is -2.43. The molecule has 0 spiro atoms. The molecule has 3 rings (SSSR count). The largest absolute Gasteiger partial charge is 0.496 e. The minimum atomic E-state index is -4.18. The maximum absolute atomic E-state index is 13.2. The van der Waals surface area contributed by atoms with Crippen LogP contribution in [0, 0.1) is 11.8 Å². The summed E-state index contributed by atoms with van der Waals surface area (Å²) in [5, 5.41) is 2.31. The van der Waals surface area contributed by atoms with Gasteiger partial charge in [-0.15, -0.1) is 11.6 Å². The van der Waals surface area contributed by atoms with E-state index in [-0.39, 0.29) is 29.2 Å². The van der Waals surface area contributed by atoms with Gasteiger partial charge in [-0.1, -0.05) is 37.3 Å². The molecule has 1 aromatic carbocycles. The standard InChI is InChI=1S/C20H23ClN2O5S/c1-13-9-16(7-8-17(13)21)29(26,27)23-12-19(24)22-11-15(20(23)25)10-14-5-3-4-6-18(14)28-2/h3-9,13,15,17H,10-12H2,1-2H3,(H,22,24). The first kappa shape index (κ1) is 21.4. The van der Waals surface area contributed by atoms with Gasteiger partial charge in [-0.2, -0.15) is 0 Å². The highest BCUT2D eigenvalue weighted by Gasteiger charge is 2.39. The zero-order chi connectivity index (χ0) is 21.2. The Morgan fingerprint density at radius 1 is 1.28 bits per heavy atom. The molecule has 0 radical (unpaired) electrons. The maximum atomic E-state index is 13.2. The Morgan fingerprint density at radius 3 is 2.69 bits per heavy atom. The van der Waals surface area contributed by atoms with Crippen LogP contribution in [0.25, 0.3) is 0 Å². The summed E-state index contributed by atoms with van der Waals surface area (Å²) in [6, 6.07) is 7.20. The van der Waals surface area contributed by atoms with Crippen LogP contribution >= 0.6 is 11.6 Å². The van der Waals surface area contributed by atoms with Crippen LogP contribution < -0.4 is 10.1 Å². The molecule has 2 amide bonds. The maximum Gasteiger partial charge on any atom is 0.266 e. The minimum absolute atomic E-state index is 0.0269. The number of nitrogens with one attached hydrogen (secondary N) is 1. The molecule has 1 fully saturated rings. The molecule has 3 atom stereocenters. The third-order valence-corrected chi connectivity index (χ3v) is 7.35. The smallest absolute Gasteiger partial charge is 0.266 e. The predicted molar refractivity (Wildman–Crippen MR) is 110 cm³/mol. The Hall–Kier alpha value is -2.32. The molecule has 1 aliphatic carbocycles. The van der Waals surface area contributed by atoms with Crippen molar-refractivity contribution in [2.24, 2.45) is 11.8 Å². The van der Waals surface area contributed by atoms with Crippen molar-refractivity contribution in [2.75, 3.05) is 20.2 Å². The van der Waals surface area contributed by atoms with E-state index >= 15 is 0 Å². The van der Waals surface area contributed by atoms with Crippen LogP contribution in [0.4, 0.5) is 0 Å². The number of carbonyl (C=O) groups is 2. The Bertz CT molecular complexity index is 973. The van der Waals surface area contributed by atoms with E-state index in [2.05, 4.69) is 5.32 Å². The van der Waals surface area contributed by atoms with E-state index < -0.39 is 34.3 Å². The average molecular weight is 439 g/mol. The van der Waals surface area contributed by atoms with Gasteiger partial charge in [0.05, 0.1) is 23.3 Å². The van der Waals surface area contributed by atoms with Crippen molar-refractivity contribution < 1.29 is 22.7 Å². The highest BCUT2D eigenvalue weighted by Crippen LogP contribution is 2.29. The zero-order valence-corrected chi connectivity index (χ0v) is 17.7. The molecule has 1 heterocycles.